The second kappa shape index (κ2) is 7.68. The molecule has 0 aliphatic heterocycles. The lowest BCUT2D eigenvalue weighted by atomic mass is 10.2. The predicted octanol–water partition coefficient (Wildman–Crippen LogP) is 3.43. The van der Waals surface area contributed by atoms with Crippen LogP contribution in [0.3, 0.4) is 0 Å². The highest BCUT2D eigenvalue weighted by molar-refractivity contribution is 7.09. The van der Waals surface area contributed by atoms with Crippen molar-refractivity contribution in [3.05, 3.63) is 45.4 Å². The highest BCUT2D eigenvalue weighted by Gasteiger charge is 2.19. The molecule has 0 radical (unpaired) electrons. The van der Waals surface area contributed by atoms with E-state index in [9.17, 15) is 13.6 Å². The van der Waals surface area contributed by atoms with Crippen molar-refractivity contribution in [2.45, 2.75) is 27.4 Å². The lowest BCUT2D eigenvalue weighted by molar-refractivity contribution is 0.0991. The molecule has 0 atom stereocenters. The van der Waals surface area contributed by atoms with Gasteiger partial charge in [-0.3, -0.25) is 4.79 Å². The number of carbonyl (C=O) groups is 1. The Bertz CT molecular complexity index is 629. The summed E-state index contributed by atoms with van der Waals surface area (Å²) in [5.41, 5.74) is 4.95. The molecule has 7 heteroatoms. The fourth-order valence-corrected chi connectivity index (χ4v) is 2.16. The number of aromatic nitrogens is 1. The second-order valence-electron chi connectivity index (χ2n) is 3.77. The van der Waals surface area contributed by atoms with Gasteiger partial charge in [0.15, 0.2) is 11.6 Å². The Morgan fingerprint density at radius 1 is 1.38 bits per heavy atom. The number of hydrogen-bond donors (Lipinski definition) is 1. The zero-order valence-corrected chi connectivity index (χ0v) is 12.8. The number of ether oxygens (including phenoxy) is 1. The van der Waals surface area contributed by atoms with Crippen molar-refractivity contribution in [2.24, 2.45) is 5.73 Å². The first-order valence-electron chi connectivity index (χ1n) is 6.30. The highest BCUT2D eigenvalue weighted by atomic mass is 32.1. The van der Waals surface area contributed by atoms with Crippen molar-refractivity contribution in [3.63, 3.8) is 0 Å². The molecule has 2 aromatic rings. The molecule has 2 rings (SSSR count). The number of amides is 1. The van der Waals surface area contributed by atoms with Crippen LogP contribution in [0.1, 0.15) is 34.9 Å². The van der Waals surface area contributed by atoms with Gasteiger partial charge in [-0.2, -0.15) is 0 Å². The molecule has 0 aliphatic rings. The van der Waals surface area contributed by atoms with Gasteiger partial charge in [0.2, 0.25) is 0 Å². The van der Waals surface area contributed by atoms with Gasteiger partial charge < -0.3 is 10.5 Å². The van der Waals surface area contributed by atoms with Crippen LogP contribution >= 0.6 is 11.3 Å². The van der Waals surface area contributed by atoms with Crippen LogP contribution in [0.5, 0.6) is 5.75 Å². The molecule has 114 valence electrons. The minimum absolute atomic E-state index is 0.0409. The zero-order valence-electron chi connectivity index (χ0n) is 11.9. The van der Waals surface area contributed by atoms with Crippen LogP contribution in [-0.4, -0.2) is 10.9 Å². The SMILES string of the molecule is CC.Cc1csc(COc2ccc(F)c(C(N)=O)c2F)n1. The van der Waals surface area contributed by atoms with E-state index in [-0.39, 0.29) is 12.4 Å². The van der Waals surface area contributed by atoms with Crippen molar-refractivity contribution >= 4 is 17.2 Å². The minimum atomic E-state index is -1.18. The number of rotatable bonds is 4. The van der Waals surface area contributed by atoms with Crippen LogP contribution in [0.25, 0.3) is 0 Å². The molecule has 4 nitrogen and oxygen atoms in total. The molecule has 21 heavy (non-hydrogen) atoms. The number of halogens is 2. The summed E-state index contributed by atoms with van der Waals surface area (Å²) in [5.74, 6) is -3.52. The van der Waals surface area contributed by atoms with Crippen LogP contribution in [-0.2, 0) is 6.61 Å². The Balaban J connectivity index is 0.00000106. The Morgan fingerprint density at radius 3 is 2.57 bits per heavy atom. The second-order valence-corrected chi connectivity index (χ2v) is 4.71. The molecule has 0 spiro atoms. The fourth-order valence-electron chi connectivity index (χ4n) is 1.48. The lowest BCUT2D eigenvalue weighted by Crippen LogP contribution is -2.16. The average molecular weight is 314 g/mol. The van der Waals surface area contributed by atoms with Crippen molar-refractivity contribution in [3.8, 4) is 5.75 Å². The van der Waals surface area contributed by atoms with E-state index in [4.69, 9.17) is 10.5 Å². The quantitative estimate of drug-likeness (QED) is 0.940. The van der Waals surface area contributed by atoms with E-state index >= 15 is 0 Å². The van der Waals surface area contributed by atoms with Crippen LogP contribution in [0.2, 0.25) is 0 Å². The Labute approximate surface area is 125 Å². The van der Waals surface area contributed by atoms with E-state index < -0.39 is 23.1 Å². The largest absolute Gasteiger partial charge is 0.483 e. The summed E-state index contributed by atoms with van der Waals surface area (Å²) < 4.78 is 32.2. The molecule has 1 heterocycles. The monoisotopic (exact) mass is 314 g/mol. The summed E-state index contributed by atoms with van der Waals surface area (Å²) in [6.45, 7) is 5.86. The molecule has 0 saturated carbocycles. The number of nitrogens with zero attached hydrogens (tertiary/aromatic N) is 1. The van der Waals surface area contributed by atoms with Gasteiger partial charge in [-0.15, -0.1) is 11.3 Å². The number of nitrogens with two attached hydrogens (primary N) is 1. The number of carbonyl (C=O) groups excluding carboxylic acids is 1. The number of aryl methyl sites for hydroxylation is 1. The molecule has 1 amide bonds. The Hall–Kier alpha value is -2.02. The summed E-state index contributed by atoms with van der Waals surface area (Å²) in [6, 6.07) is 2.04. The molecule has 1 aromatic carbocycles. The molecule has 0 aliphatic carbocycles. The maximum Gasteiger partial charge on any atom is 0.254 e. The summed E-state index contributed by atoms with van der Waals surface area (Å²) >= 11 is 1.36. The van der Waals surface area contributed by atoms with E-state index in [0.717, 1.165) is 17.8 Å². The first-order chi connectivity index (χ1) is 9.99. The van der Waals surface area contributed by atoms with E-state index in [1.54, 1.807) is 0 Å². The van der Waals surface area contributed by atoms with Crippen LogP contribution in [0, 0.1) is 18.6 Å². The molecule has 0 saturated heterocycles. The standard InChI is InChI=1S/C12H10F2N2O2S.C2H6/c1-6-5-19-9(16-6)4-18-8-3-2-7(13)10(11(8)14)12(15)17;1-2/h2-3,5H,4H2,1H3,(H2,15,17);1-2H3. The third-order valence-corrected chi connectivity index (χ3v) is 3.26. The molecule has 0 bridgehead atoms. The van der Waals surface area contributed by atoms with E-state index in [0.29, 0.717) is 5.01 Å². The highest BCUT2D eigenvalue weighted by Crippen LogP contribution is 2.24. The summed E-state index contributed by atoms with van der Waals surface area (Å²) in [7, 11) is 0. The molecule has 1 aromatic heterocycles. The van der Waals surface area contributed by atoms with E-state index in [1.165, 1.54) is 11.3 Å². The topological polar surface area (TPSA) is 65.2 Å². The van der Waals surface area contributed by atoms with Crippen molar-refractivity contribution in [1.29, 1.82) is 0 Å². The van der Waals surface area contributed by atoms with E-state index in [2.05, 4.69) is 4.98 Å². The van der Waals surface area contributed by atoms with Crippen LogP contribution in [0.15, 0.2) is 17.5 Å². The molecule has 0 unspecified atom stereocenters. The summed E-state index contributed by atoms with van der Waals surface area (Å²) in [4.78, 5) is 15.1. The third kappa shape index (κ3) is 4.22. The first kappa shape index (κ1) is 17.0. The Kier molecular flexibility index (Phi) is 6.23. The van der Waals surface area contributed by atoms with Crippen LogP contribution < -0.4 is 10.5 Å². The van der Waals surface area contributed by atoms with Gasteiger partial charge in [0, 0.05) is 11.1 Å². The van der Waals surface area contributed by atoms with Crippen molar-refractivity contribution in [1.82, 2.24) is 4.98 Å². The number of thiazole rings is 1. The normalized spacial score (nSPS) is 9.76. The van der Waals surface area contributed by atoms with Gasteiger partial charge in [0.1, 0.15) is 23.0 Å². The van der Waals surface area contributed by atoms with Gasteiger partial charge in [0.25, 0.3) is 5.91 Å². The summed E-state index contributed by atoms with van der Waals surface area (Å²) in [5, 5.41) is 2.48. The minimum Gasteiger partial charge on any atom is -0.483 e. The smallest absolute Gasteiger partial charge is 0.254 e. The molecule has 0 fully saturated rings. The maximum absolute atomic E-state index is 13.8. The Morgan fingerprint density at radius 2 is 2.05 bits per heavy atom. The number of benzene rings is 1. The van der Waals surface area contributed by atoms with Gasteiger partial charge in [0.05, 0.1) is 0 Å². The van der Waals surface area contributed by atoms with Crippen LogP contribution in [0.4, 0.5) is 8.78 Å². The maximum atomic E-state index is 13.8. The van der Waals surface area contributed by atoms with Gasteiger partial charge in [-0.05, 0) is 19.1 Å². The fraction of sp³-hybridized carbons (Fsp3) is 0.286. The van der Waals surface area contributed by atoms with Gasteiger partial charge in [-0.1, -0.05) is 13.8 Å². The molecular weight excluding hydrogens is 298 g/mol. The lowest BCUT2D eigenvalue weighted by Gasteiger charge is -2.08. The third-order valence-electron chi connectivity index (χ3n) is 2.32. The number of hydrogen-bond acceptors (Lipinski definition) is 4. The van der Waals surface area contributed by atoms with Crippen molar-refractivity contribution in [2.75, 3.05) is 0 Å². The van der Waals surface area contributed by atoms with E-state index in [1.807, 2.05) is 26.2 Å². The number of primary amides is 1. The summed E-state index contributed by atoms with van der Waals surface area (Å²) in [6.07, 6.45) is 0. The van der Waals surface area contributed by atoms with Gasteiger partial charge >= 0.3 is 0 Å². The predicted molar refractivity (Wildman–Crippen MR) is 77.4 cm³/mol. The van der Waals surface area contributed by atoms with Crippen molar-refractivity contribution < 1.29 is 18.3 Å². The first-order valence-corrected chi connectivity index (χ1v) is 7.18. The molecule has 2 N–H and O–H groups in total. The van der Waals surface area contributed by atoms with Gasteiger partial charge in [-0.25, -0.2) is 13.8 Å². The zero-order chi connectivity index (χ0) is 16.0. The average Bonchev–Trinajstić information content (AvgIpc) is 2.85. The molecular formula is C14H16F2N2O2S.